The molecule has 0 aliphatic heterocycles. The minimum absolute atomic E-state index is 0.0332. The highest BCUT2D eigenvalue weighted by atomic mass is 32.1. The summed E-state index contributed by atoms with van der Waals surface area (Å²) in [5.74, 6) is -0.184. The molecule has 1 aliphatic rings. The molecule has 0 unspecified atom stereocenters. The maximum absolute atomic E-state index is 12.2. The van der Waals surface area contributed by atoms with Gasteiger partial charge in [0.15, 0.2) is 0 Å². The van der Waals surface area contributed by atoms with Gasteiger partial charge in [-0.1, -0.05) is 30.3 Å². The van der Waals surface area contributed by atoms with Gasteiger partial charge in [-0.3, -0.25) is 9.59 Å². The van der Waals surface area contributed by atoms with Gasteiger partial charge in [0, 0.05) is 25.0 Å². The van der Waals surface area contributed by atoms with Gasteiger partial charge in [-0.25, -0.2) is 4.98 Å². The van der Waals surface area contributed by atoms with Crippen molar-refractivity contribution in [3.05, 3.63) is 41.4 Å². The summed E-state index contributed by atoms with van der Waals surface area (Å²) in [7, 11) is 3.42. The molecule has 0 radical (unpaired) electrons. The van der Waals surface area contributed by atoms with Gasteiger partial charge >= 0.3 is 0 Å². The van der Waals surface area contributed by atoms with E-state index in [-0.39, 0.29) is 18.2 Å². The zero-order valence-electron chi connectivity index (χ0n) is 13.2. The lowest BCUT2D eigenvalue weighted by Crippen LogP contribution is -2.48. The van der Waals surface area contributed by atoms with Crippen molar-refractivity contribution in [2.24, 2.45) is 0 Å². The molecule has 2 amide bonds. The van der Waals surface area contributed by atoms with E-state index in [1.807, 2.05) is 35.7 Å². The zero-order chi connectivity index (χ0) is 16.4. The predicted molar refractivity (Wildman–Crippen MR) is 90.1 cm³/mol. The topological polar surface area (TPSA) is 62.3 Å². The van der Waals surface area contributed by atoms with E-state index < -0.39 is 5.54 Å². The maximum atomic E-state index is 12.2. The molecule has 0 bridgehead atoms. The van der Waals surface area contributed by atoms with Gasteiger partial charge in [-0.2, -0.15) is 0 Å². The number of carbonyl (C=O) groups is 2. The van der Waals surface area contributed by atoms with E-state index in [1.165, 1.54) is 16.2 Å². The number of amides is 2. The predicted octanol–water partition coefficient (Wildman–Crippen LogP) is 2.09. The third-order valence-electron chi connectivity index (χ3n) is 3.86. The largest absolute Gasteiger partial charge is 0.347 e. The van der Waals surface area contributed by atoms with Crippen molar-refractivity contribution in [1.29, 1.82) is 0 Å². The number of nitrogens with zero attached hydrogens (tertiary/aromatic N) is 2. The number of nitrogens with one attached hydrogen (secondary N) is 1. The van der Waals surface area contributed by atoms with E-state index in [1.54, 1.807) is 14.1 Å². The molecule has 120 valence electrons. The van der Waals surface area contributed by atoms with Crippen molar-refractivity contribution in [3.8, 4) is 10.6 Å². The molecule has 0 atom stereocenters. The Bertz CT molecular complexity index is 720. The van der Waals surface area contributed by atoms with Crippen LogP contribution < -0.4 is 5.32 Å². The minimum atomic E-state index is -0.682. The van der Waals surface area contributed by atoms with Gasteiger partial charge in [0.1, 0.15) is 10.5 Å². The average Bonchev–Trinajstić information content (AvgIpc) is 3.16. The van der Waals surface area contributed by atoms with Gasteiger partial charge in [-0.15, -0.1) is 11.3 Å². The van der Waals surface area contributed by atoms with E-state index in [0.29, 0.717) is 12.8 Å². The van der Waals surface area contributed by atoms with Gasteiger partial charge in [0.25, 0.3) is 0 Å². The van der Waals surface area contributed by atoms with Crippen molar-refractivity contribution < 1.29 is 9.59 Å². The van der Waals surface area contributed by atoms with Crippen molar-refractivity contribution in [2.75, 3.05) is 14.1 Å². The summed E-state index contributed by atoms with van der Waals surface area (Å²) in [4.78, 5) is 30.4. The second kappa shape index (κ2) is 6.12. The highest BCUT2D eigenvalue weighted by molar-refractivity contribution is 7.13. The van der Waals surface area contributed by atoms with Crippen molar-refractivity contribution in [3.63, 3.8) is 0 Å². The van der Waals surface area contributed by atoms with E-state index in [0.717, 1.165) is 16.3 Å². The summed E-state index contributed by atoms with van der Waals surface area (Å²) >= 11 is 1.52. The van der Waals surface area contributed by atoms with Crippen LogP contribution in [0.25, 0.3) is 10.6 Å². The molecule has 0 saturated heterocycles. The lowest BCUT2D eigenvalue weighted by atomic mass is 10.2. The molecule has 1 saturated carbocycles. The van der Waals surface area contributed by atoms with Gasteiger partial charge in [0.2, 0.25) is 11.8 Å². The van der Waals surface area contributed by atoms with Crippen LogP contribution in [0.3, 0.4) is 0 Å². The van der Waals surface area contributed by atoms with Crippen LogP contribution in [0.5, 0.6) is 0 Å². The van der Waals surface area contributed by atoms with Crippen LogP contribution in [0.2, 0.25) is 0 Å². The van der Waals surface area contributed by atoms with E-state index in [4.69, 9.17) is 0 Å². The third-order valence-corrected chi connectivity index (χ3v) is 4.80. The monoisotopic (exact) mass is 329 g/mol. The summed E-state index contributed by atoms with van der Waals surface area (Å²) in [6.45, 7) is 0. The van der Waals surface area contributed by atoms with Crippen LogP contribution >= 0.6 is 11.3 Å². The van der Waals surface area contributed by atoms with E-state index in [9.17, 15) is 9.59 Å². The van der Waals surface area contributed by atoms with Crippen LogP contribution in [0, 0.1) is 0 Å². The van der Waals surface area contributed by atoms with Gasteiger partial charge in [-0.05, 0) is 12.8 Å². The summed E-state index contributed by atoms with van der Waals surface area (Å²) in [5, 5.41) is 5.68. The number of aromatic nitrogens is 1. The third kappa shape index (κ3) is 3.42. The molecule has 1 fully saturated rings. The van der Waals surface area contributed by atoms with Crippen LogP contribution in [-0.2, 0) is 16.0 Å². The molecule has 3 rings (SSSR count). The Morgan fingerprint density at radius 1 is 1.26 bits per heavy atom. The molecule has 0 spiro atoms. The van der Waals surface area contributed by atoms with Crippen molar-refractivity contribution in [1.82, 2.24) is 15.2 Å². The number of hydrogen-bond donors (Lipinski definition) is 1. The smallest absolute Gasteiger partial charge is 0.247 e. The second-order valence-electron chi connectivity index (χ2n) is 6.02. The van der Waals surface area contributed by atoms with Gasteiger partial charge < -0.3 is 10.2 Å². The Morgan fingerprint density at radius 2 is 1.96 bits per heavy atom. The highest BCUT2D eigenvalue weighted by Crippen LogP contribution is 2.37. The van der Waals surface area contributed by atoms with Crippen molar-refractivity contribution >= 4 is 23.2 Å². The minimum Gasteiger partial charge on any atom is -0.347 e. The number of carbonyl (C=O) groups excluding carboxylic acids is 2. The van der Waals surface area contributed by atoms with E-state index >= 15 is 0 Å². The lowest BCUT2D eigenvalue weighted by Gasteiger charge is -2.20. The highest BCUT2D eigenvalue weighted by Gasteiger charge is 2.51. The quantitative estimate of drug-likeness (QED) is 0.914. The molecule has 5 nitrogen and oxygen atoms in total. The standard InChI is InChI=1S/C17H19N3O2S/c1-20(2)16(22)17(8-9-17)19-14(21)10-13-11-23-15(18-13)12-6-4-3-5-7-12/h3-7,11H,8-10H2,1-2H3,(H,19,21). The Kier molecular flexibility index (Phi) is 4.17. The maximum Gasteiger partial charge on any atom is 0.247 e. The molecule has 2 aromatic rings. The summed E-state index contributed by atoms with van der Waals surface area (Å²) in [6.07, 6.45) is 1.62. The molecular formula is C17H19N3O2S. The molecular weight excluding hydrogens is 310 g/mol. The second-order valence-corrected chi connectivity index (χ2v) is 6.87. The van der Waals surface area contributed by atoms with E-state index in [2.05, 4.69) is 10.3 Å². The first-order valence-electron chi connectivity index (χ1n) is 7.53. The fraction of sp³-hybridized carbons (Fsp3) is 0.353. The fourth-order valence-corrected chi connectivity index (χ4v) is 3.35. The summed E-state index contributed by atoms with van der Waals surface area (Å²) < 4.78 is 0. The molecule has 1 aliphatic carbocycles. The van der Waals surface area contributed by atoms with Crippen LogP contribution in [0.15, 0.2) is 35.7 Å². The number of rotatable bonds is 5. The average molecular weight is 329 g/mol. The first kappa shape index (κ1) is 15.7. The SMILES string of the molecule is CN(C)C(=O)C1(NC(=O)Cc2csc(-c3ccccc3)n2)CC1. The molecule has 23 heavy (non-hydrogen) atoms. The Balaban J connectivity index is 1.63. The number of hydrogen-bond acceptors (Lipinski definition) is 4. The van der Waals surface area contributed by atoms with Crippen molar-refractivity contribution in [2.45, 2.75) is 24.8 Å². The van der Waals surface area contributed by atoms with Crippen LogP contribution in [-0.4, -0.2) is 41.3 Å². The van der Waals surface area contributed by atoms with Crippen LogP contribution in [0.1, 0.15) is 18.5 Å². The Labute approximate surface area is 139 Å². The Hall–Kier alpha value is -2.21. The van der Waals surface area contributed by atoms with Crippen LogP contribution in [0.4, 0.5) is 0 Å². The normalized spacial score (nSPS) is 15.0. The summed E-state index contributed by atoms with van der Waals surface area (Å²) in [6, 6.07) is 9.89. The number of benzene rings is 1. The molecule has 1 heterocycles. The molecule has 1 N–H and O–H groups in total. The molecule has 1 aromatic carbocycles. The molecule has 6 heteroatoms. The lowest BCUT2D eigenvalue weighted by molar-refractivity contribution is -0.135. The number of likely N-dealkylation sites (N-methyl/N-ethyl adjacent to an activating group) is 1. The first-order valence-corrected chi connectivity index (χ1v) is 8.41. The zero-order valence-corrected chi connectivity index (χ0v) is 14.0. The molecule has 1 aromatic heterocycles. The summed E-state index contributed by atoms with van der Waals surface area (Å²) in [5.41, 5.74) is 1.10. The fourth-order valence-electron chi connectivity index (χ4n) is 2.52. The first-order chi connectivity index (χ1) is 11.0. The number of thiazole rings is 1. The Morgan fingerprint density at radius 3 is 2.57 bits per heavy atom. The van der Waals surface area contributed by atoms with Gasteiger partial charge in [0.05, 0.1) is 12.1 Å².